The van der Waals surface area contributed by atoms with Gasteiger partial charge in [-0.15, -0.1) is 0 Å². The van der Waals surface area contributed by atoms with Gasteiger partial charge in [-0.25, -0.2) is 0 Å². The van der Waals surface area contributed by atoms with E-state index in [4.69, 9.17) is 0 Å². The number of β-lactam (4-membered cyclic amide) rings is 1. The van der Waals surface area contributed by atoms with Crippen LogP contribution in [0.25, 0.3) is 0 Å². The summed E-state index contributed by atoms with van der Waals surface area (Å²) >= 11 is 0. The Labute approximate surface area is 49.5 Å². The molecular weight excluding hydrogens is 102 g/mol. The van der Waals surface area contributed by atoms with Gasteiger partial charge >= 0.3 is 0 Å². The molecule has 2 nitrogen and oxygen atoms in total. The molecule has 8 heavy (non-hydrogen) atoms. The zero-order valence-electron chi connectivity index (χ0n) is 5.51. The van der Waals surface area contributed by atoms with Gasteiger partial charge in [0.15, 0.2) is 0 Å². The second-order valence-corrected chi connectivity index (χ2v) is 2.48. The summed E-state index contributed by atoms with van der Waals surface area (Å²) in [4.78, 5) is 12.5. The zero-order chi connectivity index (χ0) is 6.31. The van der Waals surface area contributed by atoms with E-state index in [9.17, 15) is 4.79 Å². The summed E-state index contributed by atoms with van der Waals surface area (Å²) < 4.78 is 0. The van der Waals surface area contributed by atoms with Crippen molar-refractivity contribution in [2.75, 3.05) is 7.05 Å². The number of carbonyl (C=O) groups is 1. The highest BCUT2D eigenvalue weighted by Crippen LogP contribution is 2.22. The highest BCUT2D eigenvalue weighted by molar-refractivity contribution is 5.85. The van der Waals surface area contributed by atoms with Crippen molar-refractivity contribution >= 4 is 5.91 Å². The van der Waals surface area contributed by atoms with Crippen LogP contribution in [0.2, 0.25) is 0 Å². The summed E-state index contributed by atoms with van der Waals surface area (Å²) in [6, 6.07) is 0.461. The molecule has 1 rings (SSSR count). The Morgan fingerprint density at radius 3 is 2.12 bits per heavy atom. The minimum Gasteiger partial charge on any atom is -0.342 e. The lowest BCUT2D eigenvalue weighted by atomic mass is 9.92. The average Bonchev–Trinajstić information content (AvgIpc) is 1.83. The Balaban J connectivity index is 2.55. The quantitative estimate of drug-likeness (QED) is 0.418. The summed E-state index contributed by atoms with van der Waals surface area (Å²) in [5, 5.41) is 0. The highest BCUT2D eigenvalue weighted by Gasteiger charge is 2.37. The van der Waals surface area contributed by atoms with Gasteiger partial charge in [0.1, 0.15) is 0 Å². The van der Waals surface area contributed by atoms with E-state index in [1.54, 1.807) is 4.90 Å². The second kappa shape index (κ2) is 1.47. The van der Waals surface area contributed by atoms with Gasteiger partial charge in [-0.2, -0.15) is 0 Å². The SMILES string of the molecule is C[C@H]1C(=O)N(C)[C@H]1C. The number of amides is 1. The fourth-order valence-electron chi connectivity index (χ4n) is 0.982. The molecule has 1 fully saturated rings. The lowest BCUT2D eigenvalue weighted by Crippen LogP contribution is -2.55. The third-order valence-electron chi connectivity index (χ3n) is 2.07. The molecule has 1 aliphatic rings. The maximum Gasteiger partial charge on any atom is 0.227 e. The van der Waals surface area contributed by atoms with Crippen molar-refractivity contribution in [3.8, 4) is 0 Å². The smallest absolute Gasteiger partial charge is 0.227 e. The lowest BCUT2D eigenvalue weighted by Gasteiger charge is -2.40. The molecule has 0 aliphatic carbocycles. The third-order valence-corrected chi connectivity index (χ3v) is 2.07. The lowest BCUT2D eigenvalue weighted by molar-refractivity contribution is -0.150. The zero-order valence-corrected chi connectivity index (χ0v) is 5.51. The molecule has 2 heteroatoms. The van der Waals surface area contributed by atoms with E-state index in [-0.39, 0.29) is 11.8 Å². The van der Waals surface area contributed by atoms with E-state index in [1.807, 2.05) is 14.0 Å². The number of rotatable bonds is 0. The van der Waals surface area contributed by atoms with Crippen molar-refractivity contribution in [1.82, 2.24) is 4.90 Å². The maximum absolute atomic E-state index is 10.7. The van der Waals surface area contributed by atoms with Crippen LogP contribution in [0.1, 0.15) is 13.8 Å². The predicted octanol–water partition coefficient (Wildman–Crippen LogP) is 0.483. The van der Waals surface area contributed by atoms with Gasteiger partial charge in [-0.3, -0.25) is 4.79 Å². The molecular formula is C6H11NO. The standard InChI is InChI=1S/C6H11NO/c1-4-5(2)7(3)6(4)8/h4-5H,1-3H3/t4-,5+/m1/s1. The fourth-order valence-corrected chi connectivity index (χ4v) is 0.982. The molecule has 0 saturated carbocycles. The summed E-state index contributed by atoms with van der Waals surface area (Å²) in [5.41, 5.74) is 0. The number of carbonyl (C=O) groups excluding carboxylic acids is 1. The van der Waals surface area contributed by atoms with Gasteiger partial charge in [0.2, 0.25) is 5.91 Å². The first-order chi connectivity index (χ1) is 3.64. The van der Waals surface area contributed by atoms with Crippen molar-refractivity contribution in [2.45, 2.75) is 19.9 Å². The van der Waals surface area contributed by atoms with Gasteiger partial charge in [0, 0.05) is 13.1 Å². The van der Waals surface area contributed by atoms with Crippen LogP contribution in [-0.2, 0) is 4.79 Å². The van der Waals surface area contributed by atoms with Crippen LogP contribution in [-0.4, -0.2) is 23.9 Å². The van der Waals surface area contributed by atoms with Gasteiger partial charge in [-0.05, 0) is 6.92 Å². The predicted molar refractivity (Wildman–Crippen MR) is 31.4 cm³/mol. The summed E-state index contributed by atoms with van der Waals surface area (Å²) in [6.07, 6.45) is 0. The van der Waals surface area contributed by atoms with Crippen LogP contribution < -0.4 is 0 Å². The monoisotopic (exact) mass is 113 g/mol. The normalized spacial score (nSPS) is 37.4. The maximum atomic E-state index is 10.7. The molecule has 0 N–H and O–H groups in total. The molecule has 0 unspecified atom stereocenters. The van der Waals surface area contributed by atoms with E-state index in [1.165, 1.54) is 0 Å². The first kappa shape index (κ1) is 5.60. The highest BCUT2D eigenvalue weighted by atomic mass is 16.2. The number of hydrogen-bond donors (Lipinski definition) is 0. The fraction of sp³-hybridized carbons (Fsp3) is 0.833. The molecule has 0 aromatic carbocycles. The molecule has 1 saturated heterocycles. The molecule has 1 amide bonds. The molecule has 2 atom stereocenters. The van der Waals surface area contributed by atoms with Gasteiger partial charge in [-0.1, -0.05) is 6.92 Å². The molecule has 0 spiro atoms. The minimum atomic E-state index is 0.264. The van der Waals surface area contributed by atoms with Crippen LogP contribution in [0.15, 0.2) is 0 Å². The summed E-state index contributed by atoms with van der Waals surface area (Å²) in [5.74, 6) is 0.539. The first-order valence-corrected chi connectivity index (χ1v) is 2.91. The van der Waals surface area contributed by atoms with Crippen molar-refractivity contribution in [2.24, 2.45) is 5.92 Å². The molecule has 1 heterocycles. The van der Waals surface area contributed by atoms with Crippen molar-refractivity contribution in [3.05, 3.63) is 0 Å². The number of nitrogens with zero attached hydrogens (tertiary/aromatic N) is 1. The van der Waals surface area contributed by atoms with Crippen LogP contribution in [0, 0.1) is 5.92 Å². The minimum absolute atomic E-state index is 0.264. The van der Waals surface area contributed by atoms with Crippen molar-refractivity contribution < 1.29 is 4.79 Å². The summed E-state index contributed by atoms with van der Waals surface area (Å²) in [6.45, 7) is 4.03. The van der Waals surface area contributed by atoms with Crippen LogP contribution in [0.4, 0.5) is 0 Å². The largest absolute Gasteiger partial charge is 0.342 e. The third kappa shape index (κ3) is 0.457. The van der Waals surface area contributed by atoms with E-state index < -0.39 is 0 Å². The van der Waals surface area contributed by atoms with E-state index in [0.717, 1.165) is 0 Å². The molecule has 0 bridgehead atoms. The second-order valence-electron chi connectivity index (χ2n) is 2.48. The van der Waals surface area contributed by atoms with Crippen LogP contribution in [0.5, 0.6) is 0 Å². The van der Waals surface area contributed by atoms with Gasteiger partial charge in [0.25, 0.3) is 0 Å². The Kier molecular flexibility index (Phi) is 1.03. The summed E-state index contributed by atoms with van der Waals surface area (Å²) in [7, 11) is 1.84. The number of hydrogen-bond acceptors (Lipinski definition) is 1. The first-order valence-electron chi connectivity index (χ1n) is 2.91. The molecule has 46 valence electrons. The average molecular weight is 113 g/mol. The van der Waals surface area contributed by atoms with E-state index in [0.29, 0.717) is 6.04 Å². The molecule has 0 aromatic rings. The van der Waals surface area contributed by atoms with Gasteiger partial charge < -0.3 is 4.90 Å². The Morgan fingerprint density at radius 2 is 2.00 bits per heavy atom. The van der Waals surface area contributed by atoms with Crippen LogP contribution in [0.3, 0.4) is 0 Å². The topological polar surface area (TPSA) is 20.3 Å². The van der Waals surface area contributed by atoms with E-state index in [2.05, 4.69) is 6.92 Å². The van der Waals surface area contributed by atoms with Crippen LogP contribution >= 0.6 is 0 Å². The van der Waals surface area contributed by atoms with Gasteiger partial charge in [0.05, 0.1) is 5.92 Å². The number of likely N-dealkylation sites (tertiary alicyclic amines) is 1. The van der Waals surface area contributed by atoms with Crippen molar-refractivity contribution in [3.63, 3.8) is 0 Å². The Morgan fingerprint density at radius 1 is 1.50 bits per heavy atom. The molecule has 0 radical (unpaired) electrons. The Hall–Kier alpha value is -0.530. The Bertz CT molecular complexity index is 110. The molecule has 1 aliphatic heterocycles. The molecule has 0 aromatic heterocycles. The van der Waals surface area contributed by atoms with Crippen molar-refractivity contribution in [1.29, 1.82) is 0 Å². The van der Waals surface area contributed by atoms with E-state index >= 15 is 0 Å².